The number of hydrogen-bond acceptors (Lipinski definition) is 5. The molecule has 3 aromatic rings. The molecular weight excluding hydrogens is 508 g/mol. The Hall–Kier alpha value is -3.61. The second-order valence-corrected chi connectivity index (χ2v) is 11.7. The summed E-state index contributed by atoms with van der Waals surface area (Å²) >= 11 is 0. The molecule has 1 aliphatic carbocycles. The molecule has 1 aliphatic heterocycles. The van der Waals surface area contributed by atoms with Crippen LogP contribution in [0, 0.1) is 11.6 Å². The van der Waals surface area contributed by atoms with Crippen molar-refractivity contribution in [3.05, 3.63) is 89.4 Å². The van der Waals surface area contributed by atoms with E-state index < -0.39 is 11.6 Å². The molecule has 0 bridgehead atoms. The Bertz CT molecular complexity index is 1340. The molecule has 2 fully saturated rings. The maximum atomic E-state index is 13.9. The fourth-order valence-electron chi connectivity index (χ4n) is 5.39. The Morgan fingerprint density at radius 2 is 1.70 bits per heavy atom. The van der Waals surface area contributed by atoms with E-state index in [0.29, 0.717) is 23.8 Å². The third-order valence-electron chi connectivity index (χ3n) is 7.65. The average molecular weight is 548 g/mol. The van der Waals surface area contributed by atoms with Crippen LogP contribution < -0.4 is 9.64 Å². The van der Waals surface area contributed by atoms with Crippen LogP contribution >= 0.6 is 0 Å². The van der Waals surface area contributed by atoms with Crippen molar-refractivity contribution < 1.29 is 18.3 Å². The van der Waals surface area contributed by atoms with Crippen LogP contribution in [-0.2, 0) is 11.3 Å². The normalized spacial score (nSPS) is 15.9. The predicted octanol–water partition coefficient (Wildman–Crippen LogP) is 7.72. The van der Waals surface area contributed by atoms with Gasteiger partial charge in [-0.1, -0.05) is 0 Å². The average Bonchev–Trinajstić information content (AvgIpc) is 2.92. The molecule has 0 spiro atoms. The predicted molar refractivity (Wildman–Crippen MR) is 155 cm³/mol. The molecule has 0 amide bonds. The Morgan fingerprint density at radius 1 is 0.975 bits per heavy atom. The lowest BCUT2D eigenvalue weighted by Gasteiger charge is -2.43. The smallest absolute Gasteiger partial charge is 0.188 e. The lowest BCUT2D eigenvalue weighted by Crippen LogP contribution is -2.46. The third kappa shape index (κ3) is 6.57. The van der Waals surface area contributed by atoms with E-state index in [9.17, 15) is 8.78 Å². The van der Waals surface area contributed by atoms with Crippen molar-refractivity contribution in [1.82, 2.24) is 9.88 Å². The molecule has 2 heterocycles. The number of ether oxygens (including phenoxy) is 2. The van der Waals surface area contributed by atoms with Crippen molar-refractivity contribution >= 4 is 5.69 Å². The number of nitrogens with zero attached hydrogens (tertiary/aromatic N) is 3. The zero-order valence-electron chi connectivity index (χ0n) is 23.9. The highest BCUT2D eigenvalue weighted by atomic mass is 19.2. The van der Waals surface area contributed by atoms with Gasteiger partial charge in [-0.2, -0.15) is 0 Å². The minimum atomic E-state index is -0.872. The number of methoxy groups -OCH3 is 1. The second kappa shape index (κ2) is 11.9. The quantitative estimate of drug-likeness (QED) is 0.270. The number of pyridine rings is 1. The van der Waals surface area contributed by atoms with Crippen LogP contribution in [-0.4, -0.2) is 41.7 Å². The van der Waals surface area contributed by atoms with Gasteiger partial charge in [-0.3, -0.25) is 4.98 Å². The molecule has 2 aliphatic rings. The van der Waals surface area contributed by atoms with Crippen molar-refractivity contribution in [3.63, 3.8) is 0 Å². The first-order chi connectivity index (χ1) is 19.2. The van der Waals surface area contributed by atoms with E-state index >= 15 is 0 Å². The Kier molecular flexibility index (Phi) is 8.29. The molecule has 1 saturated heterocycles. The van der Waals surface area contributed by atoms with Crippen molar-refractivity contribution in [2.45, 2.75) is 71.1 Å². The van der Waals surface area contributed by atoms with Crippen LogP contribution in [0.15, 0.2) is 72.3 Å². The monoisotopic (exact) mass is 547 g/mol. The van der Waals surface area contributed by atoms with E-state index in [1.54, 1.807) is 19.4 Å². The Balaban J connectivity index is 1.37. The number of piperidine rings is 1. The first-order valence-electron chi connectivity index (χ1n) is 14.2. The maximum absolute atomic E-state index is 13.9. The van der Waals surface area contributed by atoms with Crippen LogP contribution in [0.2, 0.25) is 0 Å². The first-order valence-corrected chi connectivity index (χ1v) is 14.2. The SMILES string of the molecule is COc1ccc(N(Cc2ccnc(-c3ccc(F)c(F)c3)c2)C2CCN(C(OC(C)(C)C)=C3CCC3)CC2)cc1. The summed E-state index contributed by atoms with van der Waals surface area (Å²) in [6, 6.07) is 16.4. The number of allylic oxidation sites excluding steroid dienone is 1. The molecule has 0 N–H and O–H groups in total. The minimum absolute atomic E-state index is 0.226. The largest absolute Gasteiger partial charge is 0.497 e. The van der Waals surface area contributed by atoms with Gasteiger partial charge in [0.25, 0.3) is 0 Å². The van der Waals surface area contributed by atoms with Gasteiger partial charge >= 0.3 is 0 Å². The van der Waals surface area contributed by atoms with Gasteiger partial charge in [-0.05, 0) is 119 Å². The van der Waals surface area contributed by atoms with Crippen LogP contribution in [0.25, 0.3) is 11.3 Å². The number of rotatable bonds is 8. The zero-order valence-corrected chi connectivity index (χ0v) is 23.9. The van der Waals surface area contributed by atoms with E-state index in [4.69, 9.17) is 9.47 Å². The summed E-state index contributed by atoms with van der Waals surface area (Å²) in [6.07, 6.45) is 7.24. The molecule has 5 nitrogen and oxygen atoms in total. The standard InChI is InChI=1S/C33H39F2N3O2/c1-33(2,3)40-32(24-6-5-7-24)37-18-15-27(16-19-37)38(26-9-11-28(39-4)12-10-26)22-23-14-17-36-31(20-23)25-8-13-29(34)30(35)21-25/h8-14,17,20-21,27H,5-7,15-16,18-19,22H2,1-4H3. The number of aromatic nitrogens is 1. The molecule has 1 saturated carbocycles. The molecule has 212 valence electrons. The van der Waals surface area contributed by atoms with Gasteiger partial charge in [0.1, 0.15) is 11.4 Å². The van der Waals surface area contributed by atoms with Crippen LogP contribution in [0.5, 0.6) is 5.75 Å². The number of halogens is 2. The fourth-order valence-corrected chi connectivity index (χ4v) is 5.39. The summed E-state index contributed by atoms with van der Waals surface area (Å²) in [5.74, 6) is 0.182. The number of anilines is 1. The first kappa shape index (κ1) is 27.9. The van der Waals surface area contributed by atoms with Crippen molar-refractivity contribution in [2.24, 2.45) is 0 Å². The van der Waals surface area contributed by atoms with E-state index in [-0.39, 0.29) is 5.60 Å². The molecular formula is C33H39F2N3O2. The third-order valence-corrected chi connectivity index (χ3v) is 7.65. The molecule has 0 atom stereocenters. The molecule has 2 aromatic carbocycles. The van der Waals surface area contributed by atoms with E-state index in [0.717, 1.165) is 67.7 Å². The van der Waals surface area contributed by atoms with Gasteiger partial charge in [0.2, 0.25) is 0 Å². The van der Waals surface area contributed by atoms with Gasteiger partial charge in [0.15, 0.2) is 17.5 Å². The highest BCUT2D eigenvalue weighted by Crippen LogP contribution is 2.36. The highest BCUT2D eigenvalue weighted by molar-refractivity contribution is 5.60. The molecule has 0 radical (unpaired) electrons. The summed E-state index contributed by atoms with van der Waals surface area (Å²) < 4.78 is 39.3. The molecule has 5 rings (SSSR count). The Labute approximate surface area is 236 Å². The molecule has 1 aromatic heterocycles. The zero-order chi connectivity index (χ0) is 28.3. The van der Waals surface area contributed by atoms with Gasteiger partial charge in [-0.25, -0.2) is 8.78 Å². The van der Waals surface area contributed by atoms with Gasteiger partial charge in [0, 0.05) is 43.1 Å². The topological polar surface area (TPSA) is 37.8 Å². The molecule has 0 unspecified atom stereocenters. The number of hydrogen-bond donors (Lipinski definition) is 0. The summed E-state index contributed by atoms with van der Waals surface area (Å²) in [7, 11) is 1.67. The van der Waals surface area contributed by atoms with E-state index in [1.165, 1.54) is 18.1 Å². The summed E-state index contributed by atoms with van der Waals surface area (Å²) in [6.45, 7) is 8.89. The van der Waals surface area contributed by atoms with E-state index in [1.807, 2.05) is 24.3 Å². The maximum Gasteiger partial charge on any atom is 0.188 e. The summed E-state index contributed by atoms with van der Waals surface area (Å²) in [4.78, 5) is 9.32. The second-order valence-electron chi connectivity index (χ2n) is 11.7. The highest BCUT2D eigenvalue weighted by Gasteiger charge is 2.31. The van der Waals surface area contributed by atoms with Gasteiger partial charge in [0.05, 0.1) is 12.8 Å². The number of benzene rings is 2. The van der Waals surface area contributed by atoms with Gasteiger partial charge in [-0.15, -0.1) is 0 Å². The summed E-state index contributed by atoms with van der Waals surface area (Å²) in [5.41, 5.74) is 4.57. The lowest BCUT2D eigenvalue weighted by atomic mass is 9.91. The van der Waals surface area contributed by atoms with Crippen LogP contribution in [0.1, 0.15) is 58.4 Å². The molecule has 40 heavy (non-hydrogen) atoms. The van der Waals surface area contributed by atoms with Crippen molar-refractivity contribution in [3.8, 4) is 17.0 Å². The van der Waals surface area contributed by atoms with E-state index in [2.05, 4.69) is 47.7 Å². The van der Waals surface area contributed by atoms with Crippen LogP contribution in [0.4, 0.5) is 14.5 Å². The van der Waals surface area contributed by atoms with Crippen molar-refractivity contribution in [2.75, 3.05) is 25.1 Å². The van der Waals surface area contributed by atoms with Crippen molar-refractivity contribution in [1.29, 1.82) is 0 Å². The molecule has 7 heteroatoms. The minimum Gasteiger partial charge on any atom is -0.497 e. The summed E-state index contributed by atoms with van der Waals surface area (Å²) in [5, 5.41) is 0. The van der Waals surface area contributed by atoms with Gasteiger partial charge < -0.3 is 19.3 Å². The lowest BCUT2D eigenvalue weighted by molar-refractivity contribution is -0.00922. The number of likely N-dealkylation sites (tertiary alicyclic amines) is 1. The fraction of sp³-hybridized carbons (Fsp3) is 0.424. The Morgan fingerprint density at radius 3 is 2.30 bits per heavy atom. The van der Waals surface area contributed by atoms with Crippen LogP contribution in [0.3, 0.4) is 0 Å².